The molecule has 0 unspecified atom stereocenters. The molecule has 7 nitrogen and oxygen atoms in total. The lowest BCUT2D eigenvalue weighted by molar-refractivity contribution is 0.415. The Labute approximate surface area is 145 Å². The third-order valence-electron chi connectivity index (χ3n) is 3.13. The number of ether oxygens (including phenoxy) is 1. The molecular formula is C17H14N4O3S. The van der Waals surface area contributed by atoms with Crippen molar-refractivity contribution in [3.63, 3.8) is 0 Å². The zero-order valence-corrected chi connectivity index (χ0v) is 14.0. The number of methoxy groups -OCH3 is 1. The van der Waals surface area contributed by atoms with Crippen LogP contribution in [0.2, 0.25) is 0 Å². The van der Waals surface area contributed by atoms with Gasteiger partial charge in [0.05, 0.1) is 12.0 Å². The molecule has 0 atom stereocenters. The second-order valence-corrected chi connectivity index (χ2v) is 6.47. The Balaban J connectivity index is 2.13. The summed E-state index contributed by atoms with van der Waals surface area (Å²) in [5.41, 5.74) is 0.878. The molecule has 0 saturated carbocycles. The number of sulfonamides is 1. The van der Waals surface area contributed by atoms with E-state index >= 15 is 0 Å². The number of allylic oxidation sites excluding steroid dienone is 1. The quantitative estimate of drug-likeness (QED) is 0.771. The average Bonchev–Trinajstić information content (AvgIpc) is 2.63. The van der Waals surface area contributed by atoms with Gasteiger partial charge in [-0.3, -0.25) is 4.72 Å². The van der Waals surface area contributed by atoms with Crippen LogP contribution in [0.15, 0.2) is 65.2 Å². The van der Waals surface area contributed by atoms with Gasteiger partial charge in [-0.05, 0) is 48.5 Å². The van der Waals surface area contributed by atoms with Crippen LogP contribution in [0.1, 0.15) is 0 Å². The van der Waals surface area contributed by atoms with Gasteiger partial charge >= 0.3 is 0 Å². The Bertz CT molecular complexity index is 935. The van der Waals surface area contributed by atoms with Crippen molar-refractivity contribution in [3.05, 3.63) is 60.3 Å². The van der Waals surface area contributed by atoms with Crippen LogP contribution >= 0.6 is 0 Å². The summed E-state index contributed by atoms with van der Waals surface area (Å²) in [6.45, 7) is 0. The van der Waals surface area contributed by atoms with E-state index in [9.17, 15) is 8.42 Å². The van der Waals surface area contributed by atoms with Crippen molar-refractivity contribution in [2.45, 2.75) is 4.90 Å². The van der Waals surface area contributed by atoms with Gasteiger partial charge in [-0.2, -0.15) is 10.5 Å². The summed E-state index contributed by atoms with van der Waals surface area (Å²) in [5, 5.41) is 20.1. The maximum atomic E-state index is 12.4. The van der Waals surface area contributed by atoms with Crippen LogP contribution < -0.4 is 14.8 Å². The Morgan fingerprint density at radius 2 is 1.56 bits per heavy atom. The first-order valence-electron chi connectivity index (χ1n) is 7.02. The second kappa shape index (κ2) is 7.86. The van der Waals surface area contributed by atoms with Crippen molar-refractivity contribution >= 4 is 21.4 Å². The Morgan fingerprint density at radius 3 is 2.08 bits per heavy atom. The van der Waals surface area contributed by atoms with Gasteiger partial charge in [0.15, 0.2) is 0 Å². The van der Waals surface area contributed by atoms with Gasteiger partial charge in [-0.1, -0.05) is 0 Å². The van der Waals surface area contributed by atoms with E-state index in [2.05, 4.69) is 10.0 Å². The summed E-state index contributed by atoms with van der Waals surface area (Å²) in [7, 11) is -2.20. The number of hydrogen-bond acceptors (Lipinski definition) is 6. The maximum Gasteiger partial charge on any atom is 0.261 e. The largest absolute Gasteiger partial charge is 0.497 e. The highest BCUT2D eigenvalue weighted by Gasteiger charge is 2.14. The summed E-state index contributed by atoms with van der Waals surface area (Å²) < 4.78 is 32.2. The van der Waals surface area contributed by atoms with Crippen molar-refractivity contribution in [2.24, 2.45) is 0 Å². The topological polar surface area (TPSA) is 115 Å². The number of anilines is 2. The molecule has 0 saturated heterocycles. The van der Waals surface area contributed by atoms with Crippen LogP contribution in [-0.4, -0.2) is 15.5 Å². The van der Waals surface area contributed by atoms with E-state index in [1.54, 1.807) is 36.4 Å². The average molecular weight is 354 g/mol. The van der Waals surface area contributed by atoms with Crippen molar-refractivity contribution in [1.29, 1.82) is 10.5 Å². The van der Waals surface area contributed by atoms with Gasteiger partial charge in [0.25, 0.3) is 10.0 Å². The summed E-state index contributed by atoms with van der Waals surface area (Å²) >= 11 is 0. The minimum atomic E-state index is -3.73. The van der Waals surface area contributed by atoms with E-state index in [0.29, 0.717) is 17.1 Å². The summed E-state index contributed by atoms with van der Waals surface area (Å²) in [5.74, 6) is 0.625. The van der Waals surface area contributed by atoms with Crippen molar-refractivity contribution in [1.82, 2.24) is 0 Å². The van der Waals surface area contributed by atoms with Crippen LogP contribution in [0.25, 0.3) is 0 Å². The summed E-state index contributed by atoms with van der Waals surface area (Å²) in [6, 6.07) is 15.8. The Kier molecular flexibility index (Phi) is 5.62. The highest BCUT2D eigenvalue weighted by molar-refractivity contribution is 7.92. The molecule has 2 aromatic rings. The van der Waals surface area contributed by atoms with E-state index in [1.165, 1.54) is 37.6 Å². The predicted molar refractivity (Wildman–Crippen MR) is 93.2 cm³/mol. The molecule has 0 spiro atoms. The van der Waals surface area contributed by atoms with Crippen molar-refractivity contribution < 1.29 is 13.2 Å². The molecule has 0 heterocycles. The third-order valence-corrected chi connectivity index (χ3v) is 4.53. The fourth-order valence-electron chi connectivity index (χ4n) is 1.85. The number of rotatable bonds is 6. The fraction of sp³-hybridized carbons (Fsp3) is 0.0588. The molecule has 126 valence electrons. The molecule has 0 radical (unpaired) electrons. The minimum Gasteiger partial charge on any atom is -0.497 e. The highest BCUT2D eigenvalue weighted by Crippen LogP contribution is 2.20. The lowest BCUT2D eigenvalue weighted by Crippen LogP contribution is -2.12. The van der Waals surface area contributed by atoms with Gasteiger partial charge < -0.3 is 10.1 Å². The molecule has 0 fully saturated rings. The lowest BCUT2D eigenvalue weighted by atomic mass is 10.3. The standard InChI is InChI=1S/C17H14N4O3S/c1-24-16-6-2-15(3-7-16)21-25(22,23)17-8-4-14(5-9-17)20-12-13(10-18)11-19/h2-9,12,20-21H,1H3. The molecule has 0 bridgehead atoms. The van der Waals surface area contributed by atoms with Crippen LogP contribution in [0.4, 0.5) is 11.4 Å². The van der Waals surface area contributed by atoms with Crippen LogP contribution in [0.3, 0.4) is 0 Å². The molecule has 0 aliphatic carbocycles. The van der Waals surface area contributed by atoms with E-state index in [0.717, 1.165) is 0 Å². The Morgan fingerprint density at radius 1 is 1.00 bits per heavy atom. The van der Waals surface area contributed by atoms with Crippen LogP contribution in [-0.2, 0) is 10.0 Å². The summed E-state index contributed by atoms with van der Waals surface area (Å²) in [6.07, 6.45) is 1.25. The molecule has 25 heavy (non-hydrogen) atoms. The molecule has 0 amide bonds. The first-order chi connectivity index (χ1) is 12.0. The SMILES string of the molecule is COc1ccc(NS(=O)(=O)c2ccc(NC=C(C#N)C#N)cc2)cc1. The third kappa shape index (κ3) is 4.74. The fourth-order valence-corrected chi connectivity index (χ4v) is 2.91. The normalized spacial score (nSPS) is 10.0. The zero-order chi connectivity index (χ0) is 18.3. The predicted octanol–water partition coefficient (Wildman–Crippen LogP) is 2.84. The first kappa shape index (κ1) is 17.9. The van der Waals surface area contributed by atoms with Crippen molar-refractivity contribution in [3.8, 4) is 17.9 Å². The van der Waals surface area contributed by atoms with Gasteiger partial charge in [0, 0.05) is 17.6 Å². The van der Waals surface area contributed by atoms with Gasteiger partial charge in [0.1, 0.15) is 23.5 Å². The minimum absolute atomic E-state index is 0.0821. The molecule has 2 rings (SSSR count). The number of nitrogens with one attached hydrogen (secondary N) is 2. The molecule has 2 N–H and O–H groups in total. The molecular weight excluding hydrogens is 340 g/mol. The van der Waals surface area contributed by atoms with Gasteiger partial charge in [0.2, 0.25) is 0 Å². The Hall–Kier alpha value is -3.49. The van der Waals surface area contributed by atoms with Gasteiger partial charge in [-0.15, -0.1) is 0 Å². The lowest BCUT2D eigenvalue weighted by Gasteiger charge is -2.09. The molecule has 0 aromatic heterocycles. The first-order valence-corrected chi connectivity index (χ1v) is 8.50. The van der Waals surface area contributed by atoms with E-state index in [4.69, 9.17) is 15.3 Å². The number of hydrogen-bond donors (Lipinski definition) is 2. The van der Waals surface area contributed by atoms with E-state index in [1.807, 2.05) is 0 Å². The van der Waals surface area contributed by atoms with E-state index < -0.39 is 10.0 Å². The monoisotopic (exact) mass is 354 g/mol. The molecule has 8 heteroatoms. The number of nitriles is 2. The van der Waals surface area contributed by atoms with Gasteiger partial charge in [-0.25, -0.2) is 8.42 Å². The maximum absolute atomic E-state index is 12.4. The van der Waals surface area contributed by atoms with Crippen LogP contribution in [0.5, 0.6) is 5.75 Å². The second-order valence-electron chi connectivity index (χ2n) is 4.78. The number of nitrogens with zero attached hydrogens (tertiary/aromatic N) is 2. The zero-order valence-electron chi connectivity index (χ0n) is 13.2. The molecule has 0 aliphatic heterocycles. The van der Waals surface area contributed by atoms with Crippen LogP contribution in [0, 0.1) is 22.7 Å². The molecule has 2 aromatic carbocycles. The highest BCUT2D eigenvalue weighted by atomic mass is 32.2. The summed E-state index contributed by atoms with van der Waals surface area (Å²) in [4.78, 5) is 0.0821. The number of benzene rings is 2. The van der Waals surface area contributed by atoms with Crippen molar-refractivity contribution in [2.75, 3.05) is 17.1 Å². The molecule has 0 aliphatic rings. The van der Waals surface area contributed by atoms with E-state index in [-0.39, 0.29) is 10.5 Å². The smallest absolute Gasteiger partial charge is 0.261 e.